The average molecular weight is 182 g/mol. The molecule has 2 nitrogen and oxygen atoms in total. The summed E-state index contributed by atoms with van der Waals surface area (Å²) >= 11 is 0. The van der Waals surface area contributed by atoms with Crippen molar-refractivity contribution < 1.29 is 23.0 Å². The lowest BCUT2D eigenvalue weighted by Gasteiger charge is -2.36. The van der Waals surface area contributed by atoms with Gasteiger partial charge in [0.2, 0.25) is 0 Å². The zero-order chi connectivity index (χ0) is 8.98. The van der Waals surface area contributed by atoms with Gasteiger partial charge in [0.15, 0.2) is 6.10 Å². The number of hydrogen-bond donors (Lipinski definition) is 1. The minimum Gasteiger partial charge on any atom is -0.396 e. The van der Waals surface area contributed by atoms with E-state index in [1.54, 1.807) is 0 Å². The molecule has 0 radical (unpaired) electrons. The summed E-state index contributed by atoms with van der Waals surface area (Å²) in [4.78, 5) is 0. The molecular formula is C7H9F3O2. The van der Waals surface area contributed by atoms with Crippen LogP contribution in [-0.4, -0.2) is 30.1 Å². The molecule has 12 heavy (non-hydrogen) atoms. The molecule has 3 fully saturated rings. The highest BCUT2D eigenvalue weighted by molar-refractivity contribution is 5.08. The van der Waals surface area contributed by atoms with E-state index >= 15 is 0 Å². The third-order valence-electron chi connectivity index (χ3n) is 2.77. The van der Waals surface area contributed by atoms with Gasteiger partial charge < -0.3 is 9.84 Å². The van der Waals surface area contributed by atoms with Gasteiger partial charge in [-0.2, -0.15) is 13.2 Å². The number of aliphatic hydroxyl groups is 1. The van der Waals surface area contributed by atoms with Gasteiger partial charge in [0.25, 0.3) is 0 Å². The molecule has 0 aromatic carbocycles. The Hall–Kier alpha value is -0.290. The van der Waals surface area contributed by atoms with Crippen molar-refractivity contribution in [1.29, 1.82) is 0 Å². The first-order valence-corrected chi connectivity index (χ1v) is 3.81. The Morgan fingerprint density at radius 3 is 2.33 bits per heavy atom. The van der Waals surface area contributed by atoms with Gasteiger partial charge >= 0.3 is 6.18 Å². The minimum atomic E-state index is -4.33. The molecule has 1 saturated carbocycles. The van der Waals surface area contributed by atoms with Crippen molar-refractivity contribution in [2.45, 2.75) is 31.2 Å². The molecule has 1 aliphatic carbocycles. The number of fused-ring (bicyclic) bond motifs is 1. The first kappa shape index (κ1) is 8.31. The van der Waals surface area contributed by atoms with Crippen molar-refractivity contribution in [3.63, 3.8) is 0 Å². The standard InChI is InChI=1S/C7H9F3O2/c8-7(9,10)5-6(3-11)1-4(2-6)12-5/h4-5,11H,1-3H2. The molecule has 0 amide bonds. The Kier molecular flexibility index (Phi) is 1.48. The Morgan fingerprint density at radius 2 is 2.00 bits per heavy atom. The highest BCUT2D eigenvalue weighted by atomic mass is 19.4. The largest absolute Gasteiger partial charge is 0.415 e. The Morgan fingerprint density at radius 1 is 1.42 bits per heavy atom. The molecule has 2 aliphatic heterocycles. The van der Waals surface area contributed by atoms with Crippen LogP contribution in [0.3, 0.4) is 0 Å². The maximum absolute atomic E-state index is 12.2. The van der Waals surface area contributed by atoms with Crippen LogP contribution in [0, 0.1) is 5.41 Å². The molecule has 1 atom stereocenters. The molecule has 0 aromatic rings. The molecule has 70 valence electrons. The fourth-order valence-electron chi connectivity index (χ4n) is 2.13. The SMILES string of the molecule is OCC12CC(C1)OC2C(F)(F)F. The number of alkyl halides is 3. The fourth-order valence-corrected chi connectivity index (χ4v) is 2.13. The lowest BCUT2D eigenvalue weighted by Crippen LogP contribution is -2.46. The third kappa shape index (κ3) is 0.894. The van der Waals surface area contributed by atoms with Crippen LogP contribution in [0.1, 0.15) is 12.8 Å². The van der Waals surface area contributed by atoms with E-state index in [4.69, 9.17) is 9.84 Å². The van der Waals surface area contributed by atoms with E-state index in [1.165, 1.54) is 0 Å². The van der Waals surface area contributed by atoms with Crippen molar-refractivity contribution in [2.24, 2.45) is 5.41 Å². The predicted octanol–water partition coefficient (Wildman–Crippen LogP) is 1.09. The normalized spacial score (nSPS) is 46.0. The summed E-state index contributed by atoms with van der Waals surface area (Å²) in [6.07, 6.45) is -5.63. The first-order valence-electron chi connectivity index (χ1n) is 3.81. The van der Waals surface area contributed by atoms with E-state index in [0.29, 0.717) is 12.8 Å². The summed E-state index contributed by atoms with van der Waals surface area (Å²) in [6.45, 7) is -0.423. The molecule has 3 rings (SSSR count). The van der Waals surface area contributed by atoms with Gasteiger partial charge in [-0.3, -0.25) is 0 Å². The van der Waals surface area contributed by atoms with Crippen LogP contribution in [0.5, 0.6) is 0 Å². The van der Waals surface area contributed by atoms with Crippen LogP contribution in [0.4, 0.5) is 13.2 Å². The lowest BCUT2D eigenvalue weighted by atomic mass is 9.67. The number of rotatable bonds is 1. The summed E-state index contributed by atoms with van der Waals surface area (Å²) in [5, 5.41) is 8.82. The van der Waals surface area contributed by atoms with Crippen molar-refractivity contribution in [2.75, 3.05) is 6.61 Å². The van der Waals surface area contributed by atoms with Crippen LogP contribution < -0.4 is 0 Å². The summed E-state index contributed by atoms with van der Waals surface area (Å²) in [5.41, 5.74) is -1.01. The van der Waals surface area contributed by atoms with E-state index in [-0.39, 0.29) is 6.10 Å². The molecule has 1 unspecified atom stereocenters. The van der Waals surface area contributed by atoms with E-state index < -0.39 is 24.3 Å². The Balaban J connectivity index is 2.18. The van der Waals surface area contributed by atoms with Gasteiger partial charge in [0.1, 0.15) is 0 Å². The molecular weight excluding hydrogens is 173 g/mol. The molecule has 2 bridgehead atoms. The Labute approximate surface area is 67.3 Å². The second kappa shape index (κ2) is 2.14. The predicted molar refractivity (Wildman–Crippen MR) is 33.5 cm³/mol. The summed E-state index contributed by atoms with van der Waals surface area (Å²) in [6, 6.07) is 0. The van der Waals surface area contributed by atoms with Gasteiger partial charge in [0.05, 0.1) is 12.7 Å². The third-order valence-corrected chi connectivity index (χ3v) is 2.77. The average Bonchev–Trinajstić information content (AvgIpc) is 2.35. The van der Waals surface area contributed by atoms with E-state index in [2.05, 4.69) is 0 Å². The summed E-state index contributed by atoms with van der Waals surface area (Å²) < 4.78 is 41.4. The molecule has 5 heteroatoms. The maximum Gasteiger partial charge on any atom is 0.415 e. The summed E-state index contributed by atoms with van der Waals surface area (Å²) in [7, 11) is 0. The van der Waals surface area contributed by atoms with Crippen LogP contribution in [-0.2, 0) is 4.74 Å². The number of ether oxygens (including phenoxy) is 1. The maximum atomic E-state index is 12.2. The van der Waals surface area contributed by atoms with Gasteiger partial charge in [-0.05, 0) is 12.8 Å². The zero-order valence-corrected chi connectivity index (χ0v) is 6.27. The second-order valence-electron chi connectivity index (χ2n) is 3.61. The van der Waals surface area contributed by atoms with E-state index in [9.17, 15) is 13.2 Å². The van der Waals surface area contributed by atoms with Gasteiger partial charge in [-0.25, -0.2) is 0 Å². The number of halogens is 3. The van der Waals surface area contributed by atoms with Gasteiger partial charge in [-0.15, -0.1) is 0 Å². The fraction of sp³-hybridized carbons (Fsp3) is 1.00. The number of hydrogen-bond acceptors (Lipinski definition) is 2. The molecule has 0 aromatic heterocycles. The zero-order valence-electron chi connectivity index (χ0n) is 6.27. The minimum absolute atomic E-state index is 0.274. The molecule has 0 spiro atoms. The first-order chi connectivity index (χ1) is 5.48. The lowest BCUT2D eigenvalue weighted by molar-refractivity contribution is -0.221. The van der Waals surface area contributed by atoms with Crippen molar-refractivity contribution in [3.05, 3.63) is 0 Å². The van der Waals surface area contributed by atoms with E-state index in [0.717, 1.165) is 0 Å². The van der Waals surface area contributed by atoms with Gasteiger partial charge in [-0.1, -0.05) is 0 Å². The molecule has 2 saturated heterocycles. The van der Waals surface area contributed by atoms with Gasteiger partial charge in [0, 0.05) is 5.41 Å². The highest BCUT2D eigenvalue weighted by Gasteiger charge is 2.67. The van der Waals surface area contributed by atoms with Crippen LogP contribution in [0.15, 0.2) is 0 Å². The van der Waals surface area contributed by atoms with Crippen LogP contribution in [0.25, 0.3) is 0 Å². The molecule has 2 heterocycles. The van der Waals surface area contributed by atoms with Crippen molar-refractivity contribution in [1.82, 2.24) is 0 Å². The molecule has 3 aliphatic rings. The smallest absolute Gasteiger partial charge is 0.396 e. The summed E-state index contributed by atoms with van der Waals surface area (Å²) in [5.74, 6) is 0. The molecule has 1 N–H and O–H groups in total. The Bertz CT molecular complexity index is 195. The second-order valence-corrected chi connectivity index (χ2v) is 3.61. The van der Waals surface area contributed by atoms with Crippen LogP contribution >= 0.6 is 0 Å². The van der Waals surface area contributed by atoms with Crippen LogP contribution in [0.2, 0.25) is 0 Å². The number of aliphatic hydroxyl groups excluding tert-OH is 1. The highest BCUT2D eigenvalue weighted by Crippen LogP contribution is 2.58. The quantitative estimate of drug-likeness (QED) is 0.657. The van der Waals surface area contributed by atoms with Crippen molar-refractivity contribution >= 4 is 0 Å². The van der Waals surface area contributed by atoms with E-state index in [1.807, 2.05) is 0 Å². The topological polar surface area (TPSA) is 29.5 Å². The monoisotopic (exact) mass is 182 g/mol. The van der Waals surface area contributed by atoms with Crippen molar-refractivity contribution in [3.8, 4) is 0 Å².